The Hall–Kier alpha value is -2.60. The van der Waals surface area contributed by atoms with Gasteiger partial charge in [0.25, 0.3) is 0 Å². The van der Waals surface area contributed by atoms with E-state index in [-0.39, 0.29) is 12.6 Å². The molecule has 0 amide bonds. The molecule has 0 spiro atoms. The van der Waals surface area contributed by atoms with Gasteiger partial charge in [-0.25, -0.2) is 9.59 Å². The van der Waals surface area contributed by atoms with E-state index >= 15 is 0 Å². The molecule has 0 saturated heterocycles. The van der Waals surface area contributed by atoms with Crippen LogP contribution in [0.5, 0.6) is 5.75 Å². The van der Waals surface area contributed by atoms with Crippen molar-refractivity contribution in [2.75, 3.05) is 40.5 Å². The minimum absolute atomic E-state index is 0.236. The second kappa shape index (κ2) is 13.8. The fourth-order valence-corrected chi connectivity index (χ4v) is 1.32. The quantitative estimate of drug-likeness (QED) is 0.388. The maximum Gasteiger partial charge on any atom is 0.333 e. The summed E-state index contributed by atoms with van der Waals surface area (Å²) >= 11 is 0. The monoisotopic (exact) mass is 349 g/mol. The second-order valence-corrected chi connectivity index (χ2v) is 5.25. The van der Waals surface area contributed by atoms with Crippen molar-refractivity contribution >= 4 is 11.9 Å². The van der Waals surface area contributed by atoms with Gasteiger partial charge in [-0.15, -0.1) is 0 Å². The third-order valence-corrected chi connectivity index (χ3v) is 2.63. The van der Waals surface area contributed by atoms with Crippen molar-refractivity contribution in [2.45, 2.75) is 6.92 Å². The lowest BCUT2D eigenvalue weighted by Crippen LogP contribution is -2.20. The molecule has 0 fully saturated rings. The van der Waals surface area contributed by atoms with Crippen LogP contribution in [0.2, 0.25) is 0 Å². The number of likely N-dealkylation sites (N-methyl/N-ethyl adjacent to an activating group) is 1. The van der Waals surface area contributed by atoms with Crippen LogP contribution in [0.3, 0.4) is 0 Å². The number of carbonyl (C=O) groups excluding carboxylic acids is 2. The van der Waals surface area contributed by atoms with Crippen molar-refractivity contribution in [1.82, 2.24) is 4.90 Å². The molecule has 0 unspecified atom stereocenters. The molecule has 0 saturated carbocycles. The van der Waals surface area contributed by atoms with E-state index in [1.54, 1.807) is 6.92 Å². The van der Waals surface area contributed by atoms with Crippen LogP contribution in [-0.4, -0.2) is 57.3 Å². The first-order valence-corrected chi connectivity index (χ1v) is 7.81. The Morgan fingerprint density at radius 2 is 1.72 bits per heavy atom. The summed E-state index contributed by atoms with van der Waals surface area (Å²) in [4.78, 5) is 23.4. The maximum absolute atomic E-state index is 10.8. The van der Waals surface area contributed by atoms with Crippen LogP contribution in [0.15, 0.2) is 55.1 Å². The zero-order valence-corrected chi connectivity index (χ0v) is 15.2. The summed E-state index contributed by atoms with van der Waals surface area (Å²) in [6.45, 7) is 10.1. The van der Waals surface area contributed by atoms with Gasteiger partial charge in [-0.05, 0) is 33.2 Å². The molecule has 0 aliphatic rings. The van der Waals surface area contributed by atoms with E-state index < -0.39 is 5.97 Å². The Bertz CT molecular complexity index is 540. The van der Waals surface area contributed by atoms with Crippen molar-refractivity contribution in [2.24, 2.45) is 0 Å². The summed E-state index contributed by atoms with van der Waals surface area (Å²) in [6.07, 6.45) is 1.13. The molecule has 0 atom stereocenters. The fourth-order valence-electron chi connectivity index (χ4n) is 1.32. The van der Waals surface area contributed by atoms with Crippen molar-refractivity contribution in [1.29, 1.82) is 0 Å². The average Bonchev–Trinajstić information content (AvgIpc) is 2.59. The summed E-state index contributed by atoms with van der Waals surface area (Å²) in [6, 6.07) is 9.35. The lowest BCUT2D eigenvalue weighted by Gasteiger charge is -2.09. The predicted molar refractivity (Wildman–Crippen MR) is 97.4 cm³/mol. The summed E-state index contributed by atoms with van der Waals surface area (Å²) in [5.41, 5.74) is 0.448. The van der Waals surface area contributed by atoms with Crippen molar-refractivity contribution in [3.05, 3.63) is 55.1 Å². The van der Waals surface area contributed by atoms with Gasteiger partial charge < -0.3 is 19.1 Å². The first-order valence-electron chi connectivity index (χ1n) is 7.81. The lowest BCUT2D eigenvalue weighted by molar-refractivity contribution is -0.139. The number of rotatable bonds is 9. The van der Waals surface area contributed by atoms with E-state index in [1.807, 2.05) is 49.3 Å². The van der Waals surface area contributed by atoms with Gasteiger partial charge in [-0.1, -0.05) is 31.4 Å². The Balaban J connectivity index is 0.000000477. The number of hydrogen-bond acceptors (Lipinski definition) is 6. The highest BCUT2D eigenvalue weighted by Crippen LogP contribution is 2.07. The smallest absolute Gasteiger partial charge is 0.333 e. The summed E-state index contributed by atoms with van der Waals surface area (Å²) in [5.74, 6) is 0.0238. The molecule has 1 aromatic carbocycles. The van der Waals surface area contributed by atoms with Crippen LogP contribution in [0, 0.1) is 0 Å². The molecule has 0 bridgehead atoms. The Kier molecular flexibility index (Phi) is 12.4. The summed E-state index contributed by atoms with van der Waals surface area (Å²) in [5, 5.41) is 0. The van der Waals surface area contributed by atoms with Gasteiger partial charge in [0.1, 0.15) is 25.6 Å². The number of nitrogens with zero attached hydrogens (tertiary/aromatic N) is 1. The average molecular weight is 349 g/mol. The molecule has 0 heterocycles. The molecule has 1 aromatic rings. The van der Waals surface area contributed by atoms with Crippen LogP contribution < -0.4 is 4.74 Å². The molecule has 0 aliphatic carbocycles. The van der Waals surface area contributed by atoms with E-state index in [1.165, 1.54) is 0 Å². The lowest BCUT2D eigenvalue weighted by atomic mass is 10.3. The number of ether oxygens (including phenoxy) is 3. The Labute approximate surface area is 149 Å². The highest BCUT2D eigenvalue weighted by atomic mass is 16.6. The predicted octanol–water partition coefficient (Wildman–Crippen LogP) is 2.46. The third kappa shape index (κ3) is 13.5. The standard InChI is InChI=1S/C11H12O3.C8H15NO2/c1-2-11(12)14-9-8-13-10-6-4-3-5-7-10;1-7(2)8(10)11-6-5-9(3)4/h2-7H,1,8-9H2;1,5-6H2,2-4H3. The molecular formula is C19H27NO5. The number of benzene rings is 1. The highest BCUT2D eigenvalue weighted by Gasteiger charge is 2.01. The fraction of sp³-hybridized carbons (Fsp3) is 0.368. The number of esters is 2. The molecule has 1 rings (SSSR count). The molecule has 0 aliphatic heterocycles. The molecule has 0 radical (unpaired) electrons. The highest BCUT2D eigenvalue weighted by molar-refractivity contribution is 5.86. The summed E-state index contributed by atoms with van der Waals surface area (Å²) < 4.78 is 14.9. The Morgan fingerprint density at radius 3 is 2.24 bits per heavy atom. The topological polar surface area (TPSA) is 65.1 Å². The van der Waals surface area contributed by atoms with Crippen LogP contribution in [0.1, 0.15) is 6.92 Å². The van der Waals surface area contributed by atoms with Crippen LogP contribution >= 0.6 is 0 Å². The largest absolute Gasteiger partial charge is 0.490 e. The zero-order chi connectivity index (χ0) is 19.1. The van der Waals surface area contributed by atoms with E-state index in [4.69, 9.17) is 14.2 Å². The van der Waals surface area contributed by atoms with Gasteiger partial charge in [0, 0.05) is 18.2 Å². The number of hydrogen-bond donors (Lipinski definition) is 0. The van der Waals surface area contributed by atoms with Gasteiger partial charge >= 0.3 is 11.9 Å². The van der Waals surface area contributed by atoms with Gasteiger partial charge in [0.15, 0.2) is 0 Å². The van der Waals surface area contributed by atoms with Crippen LogP contribution in [0.4, 0.5) is 0 Å². The molecule has 0 N–H and O–H groups in total. The summed E-state index contributed by atoms with van der Waals surface area (Å²) in [7, 11) is 3.85. The molecule has 138 valence electrons. The van der Waals surface area contributed by atoms with Crippen LogP contribution in [0.25, 0.3) is 0 Å². The number of carbonyl (C=O) groups is 2. The SMILES string of the molecule is C=C(C)C(=O)OCCN(C)C.C=CC(=O)OCCOc1ccccc1. The van der Waals surface area contributed by atoms with E-state index in [0.29, 0.717) is 18.8 Å². The van der Waals surface area contributed by atoms with Crippen molar-refractivity contribution in [3.8, 4) is 5.75 Å². The zero-order valence-electron chi connectivity index (χ0n) is 15.2. The van der Waals surface area contributed by atoms with Crippen molar-refractivity contribution < 1.29 is 23.8 Å². The van der Waals surface area contributed by atoms with Gasteiger partial charge in [-0.3, -0.25) is 0 Å². The first-order chi connectivity index (χ1) is 11.9. The number of para-hydroxylation sites is 1. The maximum atomic E-state index is 10.8. The molecule has 6 heteroatoms. The van der Waals surface area contributed by atoms with E-state index in [9.17, 15) is 9.59 Å². The molecule has 0 aromatic heterocycles. The van der Waals surface area contributed by atoms with Crippen LogP contribution in [-0.2, 0) is 19.1 Å². The second-order valence-electron chi connectivity index (χ2n) is 5.25. The first kappa shape index (κ1) is 22.4. The molecular weight excluding hydrogens is 322 g/mol. The minimum Gasteiger partial charge on any atom is -0.490 e. The normalized spacial score (nSPS) is 9.44. The molecule has 25 heavy (non-hydrogen) atoms. The molecule has 6 nitrogen and oxygen atoms in total. The minimum atomic E-state index is -0.429. The van der Waals surface area contributed by atoms with E-state index in [0.717, 1.165) is 18.4 Å². The van der Waals surface area contributed by atoms with Gasteiger partial charge in [0.2, 0.25) is 0 Å². The third-order valence-electron chi connectivity index (χ3n) is 2.63. The van der Waals surface area contributed by atoms with E-state index in [2.05, 4.69) is 13.2 Å². The van der Waals surface area contributed by atoms with Gasteiger partial charge in [-0.2, -0.15) is 0 Å². The van der Waals surface area contributed by atoms with Crippen molar-refractivity contribution in [3.63, 3.8) is 0 Å². The van der Waals surface area contributed by atoms with Gasteiger partial charge in [0.05, 0.1) is 0 Å². The Morgan fingerprint density at radius 1 is 1.08 bits per heavy atom.